The number of aryl methyl sites for hydroxylation is 1. The van der Waals surface area contributed by atoms with Crippen LogP contribution in [0.15, 0.2) is 12.3 Å². The van der Waals surface area contributed by atoms with Gasteiger partial charge in [0.1, 0.15) is 0 Å². The van der Waals surface area contributed by atoms with Gasteiger partial charge in [-0.1, -0.05) is 11.8 Å². The molecule has 14 heavy (non-hydrogen) atoms. The van der Waals surface area contributed by atoms with Gasteiger partial charge >= 0.3 is 0 Å². The summed E-state index contributed by atoms with van der Waals surface area (Å²) in [5.74, 6) is 7.47. The summed E-state index contributed by atoms with van der Waals surface area (Å²) in [6, 6.07) is 1.97. The number of hydrogen-bond donors (Lipinski definition) is 1. The van der Waals surface area contributed by atoms with Gasteiger partial charge in [0, 0.05) is 29.5 Å². The SMILES string of the molecule is COc1ncc(C#CCCS)cc1C. The summed E-state index contributed by atoms with van der Waals surface area (Å²) in [5.41, 5.74) is 1.93. The van der Waals surface area contributed by atoms with Crippen molar-refractivity contribution in [2.24, 2.45) is 0 Å². The lowest BCUT2D eigenvalue weighted by molar-refractivity contribution is 0.394. The summed E-state index contributed by atoms with van der Waals surface area (Å²) in [5, 5.41) is 0. The Labute approximate surface area is 90.1 Å². The minimum Gasteiger partial charge on any atom is -0.481 e. The first-order chi connectivity index (χ1) is 6.77. The lowest BCUT2D eigenvalue weighted by Crippen LogP contribution is -1.91. The molecular formula is C11H13NOS. The largest absolute Gasteiger partial charge is 0.481 e. The monoisotopic (exact) mass is 207 g/mol. The van der Waals surface area contributed by atoms with Gasteiger partial charge in [-0.15, -0.1) is 0 Å². The van der Waals surface area contributed by atoms with Crippen LogP contribution in [0.4, 0.5) is 0 Å². The summed E-state index contributed by atoms with van der Waals surface area (Å²) in [4.78, 5) is 4.13. The second-order valence-corrected chi connectivity index (χ2v) is 3.27. The average molecular weight is 207 g/mol. The molecule has 0 radical (unpaired) electrons. The number of thiol groups is 1. The molecular weight excluding hydrogens is 194 g/mol. The van der Waals surface area contributed by atoms with Gasteiger partial charge in [0.2, 0.25) is 5.88 Å². The third-order valence-electron chi connectivity index (χ3n) is 1.69. The minimum absolute atomic E-state index is 0.657. The fourth-order valence-electron chi connectivity index (χ4n) is 1.06. The Morgan fingerprint density at radius 2 is 2.36 bits per heavy atom. The van der Waals surface area contributed by atoms with E-state index < -0.39 is 0 Å². The molecule has 1 aromatic rings. The van der Waals surface area contributed by atoms with Crippen LogP contribution in [0.25, 0.3) is 0 Å². The molecule has 0 saturated heterocycles. The Balaban J connectivity index is 2.82. The van der Waals surface area contributed by atoms with Crippen LogP contribution >= 0.6 is 12.6 Å². The van der Waals surface area contributed by atoms with Crippen LogP contribution in [0.3, 0.4) is 0 Å². The second-order valence-electron chi connectivity index (χ2n) is 2.83. The van der Waals surface area contributed by atoms with E-state index in [0.29, 0.717) is 5.88 Å². The number of ether oxygens (including phenoxy) is 1. The molecule has 0 aliphatic heterocycles. The molecule has 0 aliphatic carbocycles. The lowest BCUT2D eigenvalue weighted by Gasteiger charge is -2.01. The van der Waals surface area contributed by atoms with Crippen LogP contribution in [0.5, 0.6) is 5.88 Å². The van der Waals surface area contributed by atoms with E-state index in [1.54, 1.807) is 13.3 Å². The van der Waals surface area contributed by atoms with Crippen molar-refractivity contribution in [2.45, 2.75) is 13.3 Å². The molecule has 0 atom stereocenters. The van der Waals surface area contributed by atoms with Gasteiger partial charge in [0.25, 0.3) is 0 Å². The Morgan fingerprint density at radius 1 is 1.57 bits per heavy atom. The topological polar surface area (TPSA) is 22.1 Å². The lowest BCUT2D eigenvalue weighted by atomic mass is 10.2. The van der Waals surface area contributed by atoms with Gasteiger partial charge in [0.15, 0.2) is 0 Å². The van der Waals surface area contributed by atoms with Crippen LogP contribution in [0.2, 0.25) is 0 Å². The van der Waals surface area contributed by atoms with Crippen molar-refractivity contribution in [2.75, 3.05) is 12.9 Å². The molecule has 0 fully saturated rings. The van der Waals surface area contributed by atoms with Crippen LogP contribution < -0.4 is 4.74 Å². The maximum Gasteiger partial charge on any atom is 0.215 e. The summed E-state index contributed by atoms with van der Waals surface area (Å²) in [6.07, 6.45) is 2.52. The molecule has 0 aromatic carbocycles. The van der Waals surface area contributed by atoms with Crippen molar-refractivity contribution in [3.8, 4) is 17.7 Å². The van der Waals surface area contributed by atoms with Gasteiger partial charge in [0.05, 0.1) is 7.11 Å². The highest BCUT2D eigenvalue weighted by Crippen LogP contribution is 2.13. The molecule has 3 heteroatoms. The van der Waals surface area contributed by atoms with E-state index in [9.17, 15) is 0 Å². The van der Waals surface area contributed by atoms with Crippen molar-refractivity contribution in [1.82, 2.24) is 4.98 Å². The third-order valence-corrected chi connectivity index (χ3v) is 1.92. The molecule has 0 saturated carbocycles. The number of pyridine rings is 1. The average Bonchev–Trinajstić information content (AvgIpc) is 2.18. The molecule has 0 N–H and O–H groups in total. The van der Waals surface area contributed by atoms with Crippen LogP contribution in [-0.2, 0) is 0 Å². The van der Waals surface area contributed by atoms with Crippen molar-refractivity contribution in [3.63, 3.8) is 0 Å². The zero-order chi connectivity index (χ0) is 10.4. The van der Waals surface area contributed by atoms with Gasteiger partial charge in [-0.05, 0) is 13.0 Å². The number of aromatic nitrogens is 1. The molecule has 74 valence electrons. The first-order valence-electron chi connectivity index (χ1n) is 4.38. The number of hydrogen-bond acceptors (Lipinski definition) is 3. The molecule has 0 spiro atoms. The van der Waals surface area contributed by atoms with E-state index >= 15 is 0 Å². The van der Waals surface area contributed by atoms with Gasteiger partial charge < -0.3 is 4.74 Å². The molecule has 1 heterocycles. The molecule has 2 nitrogen and oxygen atoms in total. The summed E-state index contributed by atoms with van der Waals surface area (Å²) in [6.45, 7) is 1.95. The van der Waals surface area contributed by atoms with Gasteiger partial charge in [-0.3, -0.25) is 0 Å². The van der Waals surface area contributed by atoms with E-state index in [4.69, 9.17) is 4.74 Å². The maximum atomic E-state index is 5.05. The van der Waals surface area contributed by atoms with E-state index in [0.717, 1.165) is 23.3 Å². The fourth-order valence-corrected chi connectivity index (χ4v) is 1.18. The van der Waals surface area contributed by atoms with Crippen LogP contribution in [0.1, 0.15) is 17.5 Å². The van der Waals surface area contributed by atoms with Crippen LogP contribution in [-0.4, -0.2) is 17.8 Å². The first-order valence-corrected chi connectivity index (χ1v) is 5.01. The fraction of sp³-hybridized carbons (Fsp3) is 0.364. The Bertz CT molecular complexity index is 365. The smallest absolute Gasteiger partial charge is 0.215 e. The predicted octanol–water partition coefficient (Wildman–Crippen LogP) is 2.07. The van der Waals surface area contributed by atoms with Crippen molar-refractivity contribution < 1.29 is 4.74 Å². The highest BCUT2D eigenvalue weighted by molar-refractivity contribution is 7.80. The maximum absolute atomic E-state index is 5.05. The van der Waals surface area contributed by atoms with Gasteiger partial charge in [-0.2, -0.15) is 12.6 Å². The predicted molar refractivity (Wildman–Crippen MR) is 60.9 cm³/mol. The Hall–Kier alpha value is -1.14. The third kappa shape index (κ3) is 2.97. The van der Waals surface area contributed by atoms with Crippen LogP contribution in [0, 0.1) is 18.8 Å². The van der Waals surface area contributed by atoms with E-state index in [-0.39, 0.29) is 0 Å². The van der Waals surface area contributed by atoms with Crippen molar-refractivity contribution >= 4 is 12.6 Å². The highest BCUT2D eigenvalue weighted by atomic mass is 32.1. The molecule has 0 amide bonds. The zero-order valence-corrected chi connectivity index (χ0v) is 9.27. The second kappa shape index (κ2) is 5.56. The molecule has 0 aliphatic rings. The van der Waals surface area contributed by atoms with Crippen molar-refractivity contribution in [3.05, 3.63) is 23.4 Å². The standard InChI is InChI=1S/C11H13NOS/c1-9-7-10(5-3-4-6-14)8-12-11(9)13-2/h7-8,14H,4,6H2,1-2H3. The summed E-state index contributed by atoms with van der Waals surface area (Å²) < 4.78 is 5.05. The Morgan fingerprint density at radius 3 is 2.93 bits per heavy atom. The summed E-state index contributed by atoms with van der Waals surface area (Å²) >= 11 is 4.08. The minimum atomic E-state index is 0.657. The van der Waals surface area contributed by atoms with E-state index in [1.165, 1.54) is 0 Å². The molecule has 1 aromatic heterocycles. The first kappa shape index (κ1) is 10.9. The highest BCUT2D eigenvalue weighted by Gasteiger charge is 1.98. The van der Waals surface area contributed by atoms with E-state index in [2.05, 4.69) is 29.5 Å². The molecule has 0 bridgehead atoms. The Kier molecular flexibility index (Phi) is 4.34. The normalized spacial score (nSPS) is 9.07. The quantitative estimate of drug-likeness (QED) is 0.592. The molecule has 1 rings (SSSR count). The van der Waals surface area contributed by atoms with Crippen molar-refractivity contribution in [1.29, 1.82) is 0 Å². The van der Waals surface area contributed by atoms with E-state index in [1.807, 2.05) is 13.0 Å². The number of methoxy groups -OCH3 is 1. The molecule has 0 unspecified atom stereocenters. The number of nitrogens with zero attached hydrogens (tertiary/aromatic N) is 1. The summed E-state index contributed by atoms with van der Waals surface area (Å²) in [7, 11) is 1.61. The zero-order valence-electron chi connectivity index (χ0n) is 8.37. The van der Waals surface area contributed by atoms with Gasteiger partial charge in [-0.25, -0.2) is 4.98 Å². The number of rotatable bonds is 2.